The van der Waals surface area contributed by atoms with Crippen LogP contribution in [0.5, 0.6) is 0 Å². The van der Waals surface area contributed by atoms with Gasteiger partial charge in [0.1, 0.15) is 5.69 Å². The number of aromatic nitrogens is 1. The molecule has 1 heterocycles. The van der Waals surface area contributed by atoms with Crippen molar-refractivity contribution in [2.75, 3.05) is 7.05 Å². The third kappa shape index (κ3) is 3.32. The molecule has 0 fully saturated rings. The number of carbonyl (C=O) groups excluding carboxylic acids is 1. The van der Waals surface area contributed by atoms with Gasteiger partial charge in [0.05, 0.1) is 11.4 Å². The largest absolute Gasteiger partial charge is 0.338 e. The summed E-state index contributed by atoms with van der Waals surface area (Å²) in [6.45, 7) is 4.11. The molecule has 3 rings (SSSR count). The Labute approximate surface area is 159 Å². The number of nitrogens with zero attached hydrogens (tertiary/aromatic N) is 2. The zero-order valence-electron chi connectivity index (χ0n) is 15.4. The second kappa shape index (κ2) is 7.88. The van der Waals surface area contributed by atoms with Crippen molar-refractivity contribution in [1.29, 1.82) is 0 Å². The van der Waals surface area contributed by atoms with Crippen LogP contribution in [-0.2, 0) is 5.88 Å². The van der Waals surface area contributed by atoms with Gasteiger partial charge >= 0.3 is 0 Å². The van der Waals surface area contributed by atoms with Crippen LogP contribution in [0.25, 0.3) is 22.0 Å². The molecule has 1 atom stereocenters. The zero-order chi connectivity index (χ0) is 18.7. The predicted molar refractivity (Wildman–Crippen MR) is 109 cm³/mol. The van der Waals surface area contributed by atoms with Gasteiger partial charge in [0, 0.05) is 24.0 Å². The minimum atomic E-state index is -0.0852. The van der Waals surface area contributed by atoms with Gasteiger partial charge in [0.2, 0.25) is 0 Å². The molecule has 0 saturated carbocycles. The number of hydrogen-bond donors (Lipinski definition) is 0. The van der Waals surface area contributed by atoms with Crippen molar-refractivity contribution in [2.24, 2.45) is 0 Å². The first kappa shape index (κ1) is 18.4. The van der Waals surface area contributed by atoms with Crippen LogP contribution < -0.4 is 0 Å². The number of para-hydroxylation sites is 1. The Morgan fingerprint density at radius 2 is 1.77 bits per heavy atom. The molecule has 134 valence electrons. The van der Waals surface area contributed by atoms with Crippen LogP contribution in [0.4, 0.5) is 0 Å². The van der Waals surface area contributed by atoms with Crippen molar-refractivity contribution >= 4 is 28.4 Å². The molecule has 0 saturated heterocycles. The number of fused-ring (bicyclic) bond motifs is 1. The molecule has 4 heteroatoms. The molecule has 0 aliphatic carbocycles. The molecule has 3 aromatic rings. The summed E-state index contributed by atoms with van der Waals surface area (Å²) >= 11 is 6.34. The molecule has 0 bridgehead atoms. The summed E-state index contributed by atoms with van der Waals surface area (Å²) in [5.41, 5.74) is 4.08. The van der Waals surface area contributed by atoms with Crippen molar-refractivity contribution in [3.63, 3.8) is 0 Å². The number of carbonyl (C=O) groups is 1. The normalized spacial score (nSPS) is 12.2. The van der Waals surface area contributed by atoms with E-state index in [1.165, 1.54) is 0 Å². The average Bonchev–Trinajstić information content (AvgIpc) is 2.71. The van der Waals surface area contributed by atoms with Crippen molar-refractivity contribution in [3.8, 4) is 11.1 Å². The fourth-order valence-corrected chi connectivity index (χ4v) is 3.39. The van der Waals surface area contributed by atoms with E-state index in [-0.39, 0.29) is 17.8 Å². The van der Waals surface area contributed by atoms with Crippen molar-refractivity contribution in [2.45, 2.75) is 32.2 Å². The van der Waals surface area contributed by atoms with Gasteiger partial charge in [0.15, 0.2) is 0 Å². The van der Waals surface area contributed by atoms with E-state index in [1.54, 1.807) is 4.90 Å². The summed E-state index contributed by atoms with van der Waals surface area (Å²) in [7, 11) is 1.83. The fourth-order valence-electron chi connectivity index (χ4n) is 3.13. The highest BCUT2D eigenvalue weighted by Crippen LogP contribution is 2.34. The quantitative estimate of drug-likeness (QED) is 0.558. The highest BCUT2D eigenvalue weighted by molar-refractivity contribution is 6.19. The smallest absolute Gasteiger partial charge is 0.272 e. The lowest BCUT2D eigenvalue weighted by Crippen LogP contribution is -2.35. The summed E-state index contributed by atoms with van der Waals surface area (Å²) in [4.78, 5) is 19.6. The van der Waals surface area contributed by atoms with Crippen LogP contribution in [0.2, 0.25) is 0 Å². The zero-order valence-corrected chi connectivity index (χ0v) is 16.1. The molecule has 0 spiro atoms. The molecule has 2 aromatic carbocycles. The highest BCUT2D eigenvalue weighted by Gasteiger charge is 2.24. The van der Waals surface area contributed by atoms with E-state index in [2.05, 4.69) is 6.92 Å². The van der Waals surface area contributed by atoms with E-state index in [0.29, 0.717) is 5.69 Å². The molecule has 3 nitrogen and oxygen atoms in total. The molecule has 1 aromatic heterocycles. The van der Waals surface area contributed by atoms with Gasteiger partial charge in [-0.15, -0.1) is 11.6 Å². The van der Waals surface area contributed by atoms with Crippen LogP contribution in [0, 0.1) is 0 Å². The third-order valence-corrected chi connectivity index (χ3v) is 5.23. The Kier molecular flexibility index (Phi) is 5.58. The number of benzene rings is 2. The summed E-state index contributed by atoms with van der Waals surface area (Å²) in [5, 5.41) is 1.01. The van der Waals surface area contributed by atoms with Crippen LogP contribution in [0.15, 0.2) is 54.6 Å². The van der Waals surface area contributed by atoms with Crippen molar-refractivity contribution < 1.29 is 4.79 Å². The lowest BCUT2D eigenvalue weighted by Gasteiger charge is -2.25. The van der Waals surface area contributed by atoms with Crippen molar-refractivity contribution in [3.05, 3.63) is 65.9 Å². The summed E-state index contributed by atoms with van der Waals surface area (Å²) in [6, 6.07) is 18.1. The van der Waals surface area contributed by atoms with E-state index in [9.17, 15) is 4.79 Å². The molecular formula is C22H23ClN2O. The highest BCUT2D eigenvalue weighted by atomic mass is 35.5. The fraction of sp³-hybridized carbons (Fsp3) is 0.273. The maximum Gasteiger partial charge on any atom is 0.272 e. The summed E-state index contributed by atoms with van der Waals surface area (Å²) in [5.74, 6) is 0.148. The molecule has 0 radical (unpaired) electrons. The van der Waals surface area contributed by atoms with E-state index in [4.69, 9.17) is 16.6 Å². The Hall–Kier alpha value is -2.39. The maximum atomic E-state index is 13.2. The number of pyridine rings is 1. The number of hydrogen-bond acceptors (Lipinski definition) is 2. The predicted octanol–water partition coefficient (Wildman–Crippen LogP) is 5.51. The van der Waals surface area contributed by atoms with Crippen molar-refractivity contribution in [1.82, 2.24) is 9.88 Å². The minimum Gasteiger partial charge on any atom is -0.338 e. The van der Waals surface area contributed by atoms with Crippen LogP contribution >= 0.6 is 11.6 Å². The Morgan fingerprint density at radius 1 is 1.12 bits per heavy atom. The third-order valence-electron chi connectivity index (χ3n) is 4.96. The second-order valence-corrected chi connectivity index (χ2v) is 6.77. The lowest BCUT2D eigenvalue weighted by molar-refractivity contribution is 0.0734. The molecule has 1 amide bonds. The van der Waals surface area contributed by atoms with Gasteiger partial charge in [-0.1, -0.05) is 55.5 Å². The number of halogens is 1. The van der Waals surface area contributed by atoms with Gasteiger partial charge < -0.3 is 4.90 Å². The number of rotatable bonds is 5. The van der Waals surface area contributed by atoms with Gasteiger partial charge in [-0.25, -0.2) is 4.98 Å². The first-order valence-electron chi connectivity index (χ1n) is 8.88. The van der Waals surface area contributed by atoms with Gasteiger partial charge in [-0.3, -0.25) is 4.79 Å². The van der Waals surface area contributed by atoms with Crippen LogP contribution in [0.3, 0.4) is 0 Å². The molecule has 0 unspecified atom stereocenters. The molecule has 0 N–H and O–H groups in total. The van der Waals surface area contributed by atoms with Gasteiger partial charge in [-0.2, -0.15) is 0 Å². The maximum absolute atomic E-state index is 13.2. The van der Waals surface area contributed by atoms with E-state index < -0.39 is 0 Å². The van der Waals surface area contributed by atoms with Gasteiger partial charge in [-0.05, 0) is 30.5 Å². The topological polar surface area (TPSA) is 33.2 Å². The summed E-state index contributed by atoms with van der Waals surface area (Å²) < 4.78 is 0. The summed E-state index contributed by atoms with van der Waals surface area (Å²) in [6.07, 6.45) is 0.886. The first-order valence-corrected chi connectivity index (χ1v) is 9.42. The van der Waals surface area contributed by atoms with E-state index in [0.717, 1.165) is 34.0 Å². The van der Waals surface area contributed by atoms with Crippen LogP contribution in [0.1, 0.15) is 36.3 Å². The molecular weight excluding hydrogens is 344 g/mol. The second-order valence-electron chi connectivity index (χ2n) is 6.50. The number of amides is 1. The Bertz CT molecular complexity index is 924. The molecule has 26 heavy (non-hydrogen) atoms. The standard InChI is InChI=1S/C22H23ClN2O/c1-4-15(2)25(3)22(26)21-18(14-23)20(16-10-6-5-7-11-16)17-12-8-9-13-19(17)24-21/h5-13,15H,4,14H2,1-3H3/t15-/m1/s1. The van der Waals surface area contributed by atoms with E-state index in [1.807, 2.05) is 68.6 Å². The van der Waals surface area contributed by atoms with E-state index >= 15 is 0 Å². The Morgan fingerprint density at radius 3 is 2.42 bits per heavy atom. The van der Waals surface area contributed by atoms with Crippen LogP contribution in [-0.4, -0.2) is 28.9 Å². The lowest BCUT2D eigenvalue weighted by atomic mass is 9.94. The van der Waals surface area contributed by atoms with Gasteiger partial charge in [0.25, 0.3) is 5.91 Å². The minimum absolute atomic E-state index is 0.0852. The number of alkyl halides is 1. The average molecular weight is 367 g/mol. The molecule has 0 aliphatic heterocycles. The first-order chi connectivity index (χ1) is 12.6. The Balaban J connectivity index is 2.30. The molecule has 0 aliphatic rings. The SMILES string of the molecule is CC[C@@H](C)N(C)C(=O)c1nc2ccccc2c(-c2ccccc2)c1CCl. The monoisotopic (exact) mass is 366 g/mol.